The number of hydrogen-bond acceptors (Lipinski definition) is 4. The van der Waals surface area contributed by atoms with Gasteiger partial charge in [0, 0.05) is 30.1 Å². The van der Waals surface area contributed by atoms with Gasteiger partial charge in [0.05, 0.1) is 17.9 Å². The lowest BCUT2D eigenvalue weighted by atomic mass is 10.1. The molecule has 4 rings (SSSR count). The summed E-state index contributed by atoms with van der Waals surface area (Å²) in [6.07, 6.45) is 3.75. The van der Waals surface area contributed by atoms with Crippen LogP contribution in [0.3, 0.4) is 0 Å². The zero-order chi connectivity index (χ0) is 19.2. The molecular weight excluding hydrogens is 348 g/mol. The Balaban J connectivity index is 1.54. The maximum absolute atomic E-state index is 5.94. The predicted octanol–water partition coefficient (Wildman–Crippen LogP) is 4.15. The first kappa shape index (κ1) is 17.9. The van der Waals surface area contributed by atoms with E-state index >= 15 is 0 Å². The van der Waals surface area contributed by atoms with Crippen LogP contribution < -0.4 is 10.5 Å². The van der Waals surface area contributed by atoms with Crippen molar-refractivity contribution in [3.8, 4) is 28.3 Å². The molecule has 2 heterocycles. The highest BCUT2D eigenvalue weighted by Crippen LogP contribution is 2.26. The standard InChI is InChI=1S/C23H22N4O/c24-11-14-27-13-10-22(26-27)20-9-12-25-23(16-20)19-7-4-8-21(15-19)28-17-18-5-2-1-3-6-18/h1-10,12-13,15-16H,11,14,17,24H2. The number of pyridine rings is 1. The Kier molecular flexibility index (Phi) is 5.45. The maximum atomic E-state index is 5.94. The smallest absolute Gasteiger partial charge is 0.120 e. The van der Waals surface area contributed by atoms with E-state index in [0.717, 1.165) is 33.8 Å². The first-order valence-corrected chi connectivity index (χ1v) is 9.29. The third-order valence-electron chi connectivity index (χ3n) is 4.43. The van der Waals surface area contributed by atoms with Crippen LogP contribution in [0, 0.1) is 0 Å². The molecule has 0 saturated carbocycles. The van der Waals surface area contributed by atoms with E-state index in [1.807, 2.05) is 77.7 Å². The Labute approximate surface area is 164 Å². The minimum Gasteiger partial charge on any atom is -0.489 e. The van der Waals surface area contributed by atoms with E-state index in [1.165, 1.54) is 0 Å². The summed E-state index contributed by atoms with van der Waals surface area (Å²) >= 11 is 0. The summed E-state index contributed by atoms with van der Waals surface area (Å²) in [5.41, 5.74) is 10.6. The second-order valence-electron chi connectivity index (χ2n) is 6.48. The second kappa shape index (κ2) is 8.50. The molecule has 0 amide bonds. The average molecular weight is 370 g/mol. The minimum atomic E-state index is 0.538. The molecule has 28 heavy (non-hydrogen) atoms. The molecule has 2 aromatic carbocycles. The molecule has 0 bridgehead atoms. The van der Waals surface area contributed by atoms with Crippen molar-refractivity contribution in [3.05, 3.63) is 90.8 Å². The molecule has 0 aliphatic carbocycles. The SMILES string of the molecule is NCCn1ccc(-c2ccnc(-c3cccc(OCc4ccccc4)c3)c2)n1. The molecule has 0 atom stereocenters. The fraction of sp³-hybridized carbons (Fsp3) is 0.130. The van der Waals surface area contributed by atoms with Crippen molar-refractivity contribution in [1.82, 2.24) is 14.8 Å². The Morgan fingerprint density at radius 3 is 2.57 bits per heavy atom. The summed E-state index contributed by atoms with van der Waals surface area (Å²) in [7, 11) is 0. The topological polar surface area (TPSA) is 66.0 Å². The predicted molar refractivity (Wildman–Crippen MR) is 111 cm³/mol. The quantitative estimate of drug-likeness (QED) is 0.531. The van der Waals surface area contributed by atoms with Crippen molar-refractivity contribution in [2.45, 2.75) is 13.2 Å². The molecule has 5 heteroatoms. The molecule has 0 spiro atoms. The van der Waals surface area contributed by atoms with E-state index in [2.05, 4.69) is 22.2 Å². The second-order valence-corrected chi connectivity index (χ2v) is 6.48. The van der Waals surface area contributed by atoms with E-state index in [1.54, 1.807) is 0 Å². The molecule has 5 nitrogen and oxygen atoms in total. The van der Waals surface area contributed by atoms with Gasteiger partial charge in [-0.05, 0) is 35.9 Å². The number of ether oxygens (including phenoxy) is 1. The van der Waals surface area contributed by atoms with Crippen LogP contribution in [0.4, 0.5) is 0 Å². The summed E-state index contributed by atoms with van der Waals surface area (Å²) in [4.78, 5) is 4.53. The van der Waals surface area contributed by atoms with Gasteiger partial charge in [-0.15, -0.1) is 0 Å². The van der Waals surface area contributed by atoms with E-state index in [0.29, 0.717) is 19.7 Å². The van der Waals surface area contributed by atoms with E-state index < -0.39 is 0 Å². The highest BCUT2D eigenvalue weighted by Gasteiger charge is 2.07. The van der Waals surface area contributed by atoms with Crippen molar-refractivity contribution in [2.75, 3.05) is 6.54 Å². The highest BCUT2D eigenvalue weighted by molar-refractivity contribution is 5.68. The lowest BCUT2D eigenvalue weighted by Crippen LogP contribution is -2.10. The molecule has 2 N–H and O–H groups in total. The molecule has 2 aromatic heterocycles. The lowest BCUT2D eigenvalue weighted by Gasteiger charge is -2.09. The van der Waals surface area contributed by atoms with Crippen LogP contribution in [-0.2, 0) is 13.2 Å². The van der Waals surface area contributed by atoms with Gasteiger partial charge in [-0.3, -0.25) is 9.67 Å². The first-order chi connectivity index (χ1) is 13.8. The van der Waals surface area contributed by atoms with Crippen molar-refractivity contribution < 1.29 is 4.74 Å². The lowest BCUT2D eigenvalue weighted by molar-refractivity contribution is 0.306. The zero-order valence-electron chi connectivity index (χ0n) is 15.5. The van der Waals surface area contributed by atoms with Gasteiger partial charge in [0.1, 0.15) is 12.4 Å². The van der Waals surface area contributed by atoms with E-state index in [9.17, 15) is 0 Å². The van der Waals surface area contributed by atoms with E-state index in [-0.39, 0.29) is 0 Å². The first-order valence-electron chi connectivity index (χ1n) is 9.29. The molecular formula is C23H22N4O. The monoisotopic (exact) mass is 370 g/mol. The fourth-order valence-electron chi connectivity index (χ4n) is 3.01. The molecule has 4 aromatic rings. The number of hydrogen-bond donors (Lipinski definition) is 1. The van der Waals surface area contributed by atoms with Gasteiger partial charge in [-0.2, -0.15) is 5.10 Å². The van der Waals surface area contributed by atoms with Gasteiger partial charge >= 0.3 is 0 Å². The number of rotatable bonds is 7. The van der Waals surface area contributed by atoms with Crippen LogP contribution in [0.1, 0.15) is 5.56 Å². The van der Waals surface area contributed by atoms with Crippen LogP contribution in [0.25, 0.3) is 22.5 Å². The van der Waals surface area contributed by atoms with Crippen molar-refractivity contribution in [3.63, 3.8) is 0 Å². The van der Waals surface area contributed by atoms with Gasteiger partial charge in [0.15, 0.2) is 0 Å². The Morgan fingerprint density at radius 2 is 1.71 bits per heavy atom. The summed E-state index contributed by atoms with van der Waals surface area (Å²) in [5.74, 6) is 0.820. The summed E-state index contributed by atoms with van der Waals surface area (Å²) < 4.78 is 7.80. The van der Waals surface area contributed by atoms with Crippen LogP contribution in [0.15, 0.2) is 85.2 Å². The summed E-state index contributed by atoms with van der Waals surface area (Å²) in [6.45, 7) is 1.81. The van der Waals surface area contributed by atoms with Crippen LogP contribution in [-0.4, -0.2) is 21.3 Å². The largest absolute Gasteiger partial charge is 0.489 e. The van der Waals surface area contributed by atoms with E-state index in [4.69, 9.17) is 10.5 Å². The Hall–Kier alpha value is -3.44. The van der Waals surface area contributed by atoms with Crippen molar-refractivity contribution in [2.24, 2.45) is 5.73 Å². The molecule has 0 radical (unpaired) electrons. The molecule has 0 unspecified atom stereocenters. The summed E-state index contributed by atoms with van der Waals surface area (Å²) in [6, 6.07) is 24.1. The third-order valence-corrected chi connectivity index (χ3v) is 4.43. The van der Waals surface area contributed by atoms with Gasteiger partial charge < -0.3 is 10.5 Å². The maximum Gasteiger partial charge on any atom is 0.120 e. The number of aromatic nitrogens is 3. The summed E-state index contributed by atoms with van der Waals surface area (Å²) in [5, 5.41) is 4.57. The molecule has 0 aliphatic heterocycles. The minimum absolute atomic E-state index is 0.538. The fourth-order valence-corrected chi connectivity index (χ4v) is 3.01. The van der Waals surface area contributed by atoms with Crippen molar-refractivity contribution >= 4 is 0 Å². The molecule has 0 aliphatic rings. The van der Waals surface area contributed by atoms with Gasteiger partial charge in [-0.25, -0.2) is 0 Å². The number of nitrogens with two attached hydrogens (primary N) is 1. The number of benzene rings is 2. The Bertz CT molecular complexity index is 1040. The zero-order valence-corrected chi connectivity index (χ0v) is 15.5. The molecule has 140 valence electrons. The Morgan fingerprint density at radius 1 is 0.857 bits per heavy atom. The number of nitrogens with zero attached hydrogens (tertiary/aromatic N) is 3. The molecule has 0 fully saturated rings. The highest BCUT2D eigenvalue weighted by atomic mass is 16.5. The third kappa shape index (κ3) is 4.27. The average Bonchev–Trinajstić information content (AvgIpc) is 3.22. The van der Waals surface area contributed by atoms with Crippen molar-refractivity contribution in [1.29, 1.82) is 0 Å². The van der Waals surface area contributed by atoms with Gasteiger partial charge in [0.25, 0.3) is 0 Å². The van der Waals surface area contributed by atoms with Crippen LogP contribution in [0.5, 0.6) is 5.75 Å². The normalized spacial score (nSPS) is 10.8. The van der Waals surface area contributed by atoms with Crippen LogP contribution >= 0.6 is 0 Å². The van der Waals surface area contributed by atoms with Gasteiger partial charge in [0.2, 0.25) is 0 Å². The van der Waals surface area contributed by atoms with Gasteiger partial charge in [-0.1, -0.05) is 42.5 Å². The van der Waals surface area contributed by atoms with Crippen LogP contribution in [0.2, 0.25) is 0 Å². The molecule has 0 saturated heterocycles.